The van der Waals surface area contributed by atoms with Crippen LogP contribution < -0.4 is 10.0 Å². The molecule has 0 bridgehead atoms. The van der Waals surface area contributed by atoms with Crippen molar-refractivity contribution < 1.29 is 17.2 Å². The number of anilines is 1. The van der Waals surface area contributed by atoms with E-state index in [4.69, 9.17) is 0 Å². The number of hydrogen-bond acceptors (Lipinski definition) is 3. The number of halogens is 2. The molecule has 28 heavy (non-hydrogen) atoms. The molecule has 7 heteroatoms. The maximum Gasteiger partial charge on any atom is 0.261 e. The number of rotatable bonds is 7. The van der Waals surface area contributed by atoms with Gasteiger partial charge < -0.3 is 5.32 Å². The molecule has 0 amide bonds. The Morgan fingerprint density at radius 3 is 2.43 bits per heavy atom. The third kappa shape index (κ3) is 3.82. The lowest BCUT2D eigenvalue weighted by Crippen LogP contribution is -2.29. The summed E-state index contributed by atoms with van der Waals surface area (Å²) in [5.41, 5.74) is 3.30. The first kappa shape index (κ1) is 19.1. The standard InChI is InChI=1S/C21H22F2N2O2S/c1-2-9-24-18-10-15-3-6-17(11-16(15)12-18)25-28(26,27)19-7-4-14(5-8-19)20-13-21(20,22)23/h2-8,11,18,20,24-25H,1,9-10,12-13H2/t18-,20?/m1/s1. The fourth-order valence-electron chi connectivity index (χ4n) is 3.74. The molecular formula is C21H22F2N2O2S. The van der Waals surface area contributed by atoms with Crippen LogP contribution in [0.5, 0.6) is 0 Å². The van der Waals surface area contributed by atoms with Crippen LogP contribution >= 0.6 is 0 Å². The van der Waals surface area contributed by atoms with Gasteiger partial charge in [0.1, 0.15) is 0 Å². The van der Waals surface area contributed by atoms with Gasteiger partial charge in [-0.2, -0.15) is 0 Å². The SMILES string of the molecule is C=CCN[C@@H]1Cc2ccc(NS(=O)(=O)c3ccc(C4CC4(F)F)cc3)cc2C1. The monoisotopic (exact) mass is 404 g/mol. The summed E-state index contributed by atoms with van der Waals surface area (Å²) in [5, 5.41) is 3.39. The number of fused-ring (bicyclic) bond motifs is 1. The number of sulfonamides is 1. The first-order chi connectivity index (χ1) is 13.3. The van der Waals surface area contributed by atoms with Crippen LogP contribution in [0.3, 0.4) is 0 Å². The Kier molecular flexibility index (Phi) is 4.75. The zero-order chi connectivity index (χ0) is 19.9. The highest BCUT2D eigenvalue weighted by molar-refractivity contribution is 7.92. The molecule has 0 aliphatic heterocycles. The van der Waals surface area contributed by atoms with Crippen molar-refractivity contribution in [2.45, 2.75) is 42.0 Å². The van der Waals surface area contributed by atoms with Crippen molar-refractivity contribution in [3.05, 3.63) is 71.8 Å². The van der Waals surface area contributed by atoms with Gasteiger partial charge in [0, 0.05) is 24.7 Å². The Labute approximate surface area is 163 Å². The van der Waals surface area contributed by atoms with Gasteiger partial charge in [-0.1, -0.05) is 24.3 Å². The largest absolute Gasteiger partial charge is 0.310 e. The summed E-state index contributed by atoms with van der Waals surface area (Å²) < 4.78 is 54.2. The lowest BCUT2D eigenvalue weighted by molar-refractivity contribution is 0.112. The quantitative estimate of drug-likeness (QED) is 0.689. The molecule has 0 aromatic heterocycles. The van der Waals surface area contributed by atoms with E-state index < -0.39 is 21.9 Å². The third-order valence-corrected chi connectivity index (χ3v) is 6.76. The number of nitrogens with one attached hydrogen (secondary N) is 2. The van der Waals surface area contributed by atoms with Crippen molar-refractivity contribution in [3.63, 3.8) is 0 Å². The van der Waals surface area contributed by atoms with Crippen molar-refractivity contribution >= 4 is 15.7 Å². The molecule has 4 rings (SSSR count). The summed E-state index contributed by atoms with van der Waals surface area (Å²) in [6.07, 6.45) is 3.39. The fraction of sp³-hybridized carbons (Fsp3) is 0.333. The second-order valence-corrected chi connectivity index (χ2v) is 9.16. The first-order valence-electron chi connectivity index (χ1n) is 9.25. The zero-order valence-corrected chi connectivity index (χ0v) is 16.1. The van der Waals surface area contributed by atoms with E-state index >= 15 is 0 Å². The maximum absolute atomic E-state index is 13.2. The van der Waals surface area contributed by atoms with Gasteiger partial charge in [-0.15, -0.1) is 6.58 Å². The smallest absolute Gasteiger partial charge is 0.261 e. The Bertz CT molecular complexity index is 1000. The molecule has 2 N–H and O–H groups in total. The van der Waals surface area contributed by atoms with Crippen molar-refractivity contribution in [1.29, 1.82) is 0 Å². The molecule has 0 heterocycles. The second kappa shape index (κ2) is 6.97. The zero-order valence-electron chi connectivity index (χ0n) is 15.3. The molecule has 1 fully saturated rings. The van der Waals surface area contributed by atoms with Crippen LogP contribution in [0, 0.1) is 0 Å². The molecular weight excluding hydrogens is 382 g/mol. The lowest BCUT2D eigenvalue weighted by Gasteiger charge is -2.10. The van der Waals surface area contributed by atoms with E-state index in [1.807, 2.05) is 18.2 Å². The van der Waals surface area contributed by atoms with Gasteiger partial charge in [-0.05, 0) is 53.8 Å². The van der Waals surface area contributed by atoms with E-state index in [0.29, 0.717) is 17.3 Å². The predicted octanol–water partition coefficient (Wildman–Crippen LogP) is 3.85. The van der Waals surface area contributed by atoms with Gasteiger partial charge in [0.05, 0.1) is 10.8 Å². The lowest BCUT2D eigenvalue weighted by atomic mass is 10.1. The van der Waals surface area contributed by atoms with Crippen LogP contribution in [0.2, 0.25) is 0 Å². The summed E-state index contributed by atoms with van der Waals surface area (Å²) in [6, 6.07) is 11.6. The Morgan fingerprint density at radius 2 is 1.79 bits per heavy atom. The van der Waals surface area contributed by atoms with Gasteiger partial charge in [0.2, 0.25) is 0 Å². The molecule has 4 nitrogen and oxygen atoms in total. The van der Waals surface area contributed by atoms with Crippen molar-refractivity contribution in [2.75, 3.05) is 11.3 Å². The average Bonchev–Trinajstić information content (AvgIpc) is 3.10. The summed E-state index contributed by atoms with van der Waals surface area (Å²) in [6.45, 7) is 4.44. The number of benzene rings is 2. The van der Waals surface area contributed by atoms with E-state index in [-0.39, 0.29) is 11.3 Å². The molecule has 0 spiro atoms. The second-order valence-electron chi connectivity index (χ2n) is 7.48. The summed E-state index contributed by atoms with van der Waals surface area (Å²) >= 11 is 0. The van der Waals surface area contributed by atoms with E-state index in [1.54, 1.807) is 6.07 Å². The Hall–Kier alpha value is -2.25. The molecule has 2 aliphatic carbocycles. The van der Waals surface area contributed by atoms with E-state index in [0.717, 1.165) is 24.9 Å². The third-order valence-electron chi connectivity index (χ3n) is 5.36. The Balaban J connectivity index is 1.46. The molecule has 1 saturated carbocycles. The van der Waals surface area contributed by atoms with Crippen LogP contribution in [0.25, 0.3) is 0 Å². The molecule has 0 radical (unpaired) electrons. The molecule has 2 aliphatic rings. The fourth-order valence-corrected chi connectivity index (χ4v) is 4.79. The highest BCUT2D eigenvalue weighted by Gasteiger charge is 2.57. The van der Waals surface area contributed by atoms with Gasteiger partial charge in [0.15, 0.2) is 0 Å². The molecule has 2 atom stereocenters. The van der Waals surface area contributed by atoms with Gasteiger partial charge in [-0.25, -0.2) is 17.2 Å². The van der Waals surface area contributed by atoms with Crippen LogP contribution in [0.1, 0.15) is 29.0 Å². The maximum atomic E-state index is 13.2. The van der Waals surface area contributed by atoms with E-state index in [9.17, 15) is 17.2 Å². The minimum absolute atomic E-state index is 0.0613. The van der Waals surface area contributed by atoms with E-state index in [1.165, 1.54) is 29.8 Å². The van der Waals surface area contributed by atoms with Crippen molar-refractivity contribution in [3.8, 4) is 0 Å². The minimum atomic E-state index is -3.78. The topological polar surface area (TPSA) is 58.2 Å². The normalized spacial score (nSPS) is 22.5. The van der Waals surface area contributed by atoms with Crippen molar-refractivity contribution in [1.82, 2.24) is 5.32 Å². The summed E-state index contributed by atoms with van der Waals surface area (Å²) in [4.78, 5) is 0.0613. The van der Waals surface area contributed by atoms with Crippen LogP contribution in [0.15, 0.2) is 60.0 Å². The van der Waals surface area contributed by atoms with Gasteiger partial charge >= 0.3 is 0 Å². The van der Waals surface area contributed by atoms with Crippen molar-refractivity contribution in [2.24, 2.45) is 0 Å². The molecule has 2 aromatic rings. The van der Waals surface area contributed by atoms with Gasteiger partial charge in [0.25, 0.3) is 15.9 Å². The summed E-state index contributed by atoms with van der Waals surface area (Å²) in [5.74, 6) is -3.46. The van der Waals surface area contributed by atoms with E-state index in [2.05, 4.69) is 16.6 Å². The minimum Gasteiger partial charge on any atom is -0.310 e. The van der Waals surface area contributed by atoms with Crippen LogP contribution in [-0.2, 0) is 22.9 Å². The Morgan fingerprint density at radius 1 is 1.11 bits per heavy atom. The van der Waals surface area contributed by atoms with Crippen LogP contribution in [-0.4, -0.2) is 26.9 Å². The number of alkyl halides is 2. The summed E-state index contributed by atoms with van der Waals surface area (Å²) in [7, 11) is -3.78. The molecule has 2 aromatic carbocycles. The predicted molar refractivity (Wildman–Crippen MR) is 105 cm³/mol. The van der Waals surface area contributed by atoms with Gasteiger partial charge in [-0.3, -0.25) is 4.72 Å². The molecule has 148 valence electrons. The average molecular weight is 404 g/mol. The number of hydrogen-bond donors (Lipinski definition) is 2. The molecule has 1 unspecified atom stereocenters. The highest BCUT2D eigenvalue weighted by Crippen LogP contribution is 2.55. The van der Waals surface area contributed by atoms with Crippen LogP contribution in [0.4, 0.5) is 14.5 Å². The first-order valence-corrected chi connectivity index (χ1v) is 10.7. The molecule has 0 saturated heterocycles. The highest BCUT2D eigenvalue weighted by atomic mass is 32.2.